The molecule has 0 unspecified atom stereocenters. The van der Waals surface area contributed by atoms with Crippen LogP contribution in [-0.4, -0.2) is 48.7 Å². The van der Waals surface area contributed by atoms with Crippen LogP contribution in [-0.2, 0) is 32.0 Å². The quantitative estimate of drug-likeness (QED) is 0.872. The van der Waals surface area contributed by atoms with Crippen LogP contribution < -0.4 is 5.73 Å². The first kappa shape index (κ1) is 16.9. The standard InChI is InChI=1S/C18H24N2O4/c19-18(22)16-11-13-3-1-2-4-14(13)12-20(16)17(21)7-10-24-15-5-8-23-9-6-15/h1-4,15-16H,5-12H2,(H2,19,22)/t16-/m0/s1. The van der Waals surface area contributed by atoms with Gasteiger partial charge in [-0.3, -0.25) is 9.59 Å². The van der Waals surface area contributed by atoms with E-state index >= 15 is 0 Å². The van der Waals surface area contributed by atoms with Crippen molar-refractivity contribution in [3.63, 3.8) is 0 Å². The molecule has 24 heavy (non-hydrogen) atoms. The zero-order valence-electron chi connectivity index (χ0n) is 13.8. The number of hydrogen-bond acceptors (Lipinski definition) is 4. The van der Waals surface area contributed by atoms with Crippen LogP contribution in [0.15, 0.2) is 24.3 Å². The second kappa shape index (κ2) is 7.77. The molecule has 2 heterocycles. The third-order valence-electron chi connectivity index (χ3n) is 4.74. The molecule has 2 N–H and O–H groups in total. The summed E-state index contributed by atoms with van der Waals surface area (Å²) < 4.78 is 11.1. The number of hydrogen-bond donors (Lipinski definition) is 1. The Morgan fingerprint density at radius 1 is 1.21 bits per heavy atom. The topological polar surface area (TPSA) is 81.9 Å². The van der Waals surface area contributed by atoms with Gasteiger partial charge in [0.1, 0.15) is 6.04 Å². The highest BCUT2D eigenvalue weighted by atomic mass is 16.5. The van der Waals surface area contributed by atoms with E-state index in [0.717, 1.165) is 24.0 Å². The molecule has 0 spiro atoms. The molecule has 0 radical (unpaired) electrons. The van der Waals surface area contributed by atoms with E-state index in [1.165, 1.54) is 0 Å². The number of carbonyl (C=O) groups excluding carboxylic acids is 2. The van der Waals surface area contributed by atoms with Crippen LogP contribution in [0.1, 0.15) is 30.4 Å². The van der Waals surface area contributed by atoms with Gasteiger partial charge in [0.25, 0.3) is 0 Å². The lowest BCUT2D eigenvalue weighted by atomic mass is 9.93. The average molecular weight is 332 g/mol. The normalized spacial score (nSPS) is 21.3. The SMILES string of the molecule is NC(=O)[C@@H]1Cc2ccccc2CN1C(=O)CCOC1CCOCC1. The molecule has 0 aliphatic carbocycles. The molecule has 1 aromatic rings. The fourth-order valence-electron chi connectivity index (χ4n) is 3.34. The van der Waals surface area contributed by atoms with Crippen molar-refractivity contribution >= 4 is 11.8 Å². The minimum absolute atomic E-state index is 0.0830. The highest BCUT2D eigenvalue weighted by molar-refractivity contribution is 5.87. The summed E-state index contributed by atoms with van der Waals surface area (Å²) in [5.74, 6) is -0.538. The molecule has 0 aromatic heterocycles. The monoisotopic (exact) mass is 332 g/mol. The smallest absolute Gasteiger partial charge is 0.240 e. The molecule has 130 valence electrons. The zero-order valence-corrected chi connectivity index (χ0v) is 13.8. The van der Waals surface area contributed by atoms with Gasteiger partial charge in [-0.25, -0.2) is 0 Å². The molecule has 0 saturated carbocycles. The third kappa shape index (κ3) is 3.94. The van der Waals surface area contributed by atoms with Gasteiger partial charge < -0.3 is 20.1 Å². The minimum atomic E-state index is -0.574. The van der Waals surface area contributed by atoms with Crippen LogP contribution in [0.2, 0.25) is 0 Å². The minimum Gasteiger partial charge on any atom is -0.381 e. The Balaban J connectivity index is 1.58. The van der Waals surface area contributed by atoms with Crippen LogP contribution in [0.3, 0.4) is 0 Å². The largest absolute Gasteiger partial charge is 0.381 e. The van der Waals surface area contributed by atoms with Gasteiger partial charge >= 0.3 is 0 Å². The highest BCUT2D eigenvalue weighted by Crippen LogP contribution is 2.24. The summed E-state index contributed by atoms with van der Waals surface area (Å²) in [6.45, 7) is 2.23. The first-order valence-electron chi connectivity index (χ1n) is 8.50. The van der Waals surface area contributed by atoms with Crippen LogP contribution in [0.25, 0.3) is 0 Å². The van der Waals surface area contributed by atoms with Gasteiger partial charge in [0.05, 0.1) is 19.1 Å². The van der Waals surface area contributed by atoms with Crippen LogP contribution in [0.5, 0.6) is 0 Å². The second-order valence-corrected chi connectivity index (χ2v) is 6.35. The molecule has 2 aliphatic heterocycles. The van der Waals surface area contributed by atoms with Crippen molar-refractivity contribution in [1.29, 1.82) is 0 Å². The Labute approximate surface area is 141 Å². The average Bonchev–Trinajstić information content (AvgIpc) is 2.61. The van der Waals surface area contributed by atoms with E-state index < -0.39 is 11.9 Å². The summed E-state index contributed by atoms with van der Waals surface area (Å²) >= 11 is 0. The molecule has 6 nitrogen and oxygen atoms in total. The number of amides is 2. The number of ether oxygens (including phenoxy) is 2. The van der Waals surface area contributed by atoms with Gasteiger partial charge in [0, 0.05) is 26.2 Å². The van der Waals surface area contributed by atoms with E-state index in [2.05, 4.69) is 0 Å². The van der Waals surface area contributed by atoms with Gasteiger partial charge in [-0.2, -0.15) is 0 Å². The number of primary amides is 1. The molecule has 3 rings (SSSR count). The number of nitrogens with two attached hydrogens (primary N) is 1. The number of rotatable bonds is 5. The molecule has 2 amide bonds. The van der Waals surface area contributed by atoms with Crippen molar-refractivity contribution in [2.45, 2.75) is 44.4 Å². The fraction of sp³-hybridized carbons (Fsp3) is 0.556. The lowest BCUT2D eigenvalue weighted by Gasteiger charge is -2.35. The molecule has 1 fully saturated rings. The molecular formula is C18H24N2O4. The van der Waals surface area contributed by atoms with Gasteiger partial charge in [-0.05, 0) is 24.0 Å². The van der Waals surface area contributed by atoms with Crippen molar-refractivity contribution in [1.82, 2.24) is 4.90 Å². The van der Waals surface area contributed by atoms with Crippen molar-refractivity contribution in [2.24, 2.45) is 5.73 Å². The summed E-state index contributed by atoms with van der Waals surface area (Å²) in [6.07, 6.45) is 2.66. The molecule has 1 saturated heterocycles. The molecule has 6 heteroatoms. The molecule has 1 aromatic carbocycles. The summed E-state index contributed by atoms with van der Waals surface area (Å²) in [6, 6.07) is 7.29. The Hall–Kier alpha value is -1.92. The molecule has 2 aliphatic rings. The second-order valence-electron chi connectivity index (χ2n) is 6.35. The maximum atomic E-state index is 12.6. The number of carbonyl (C=O) groups is 2. The lowest BCUT2D eigenvalue weighted by Crippen LogP contribution is -2.51. The summed E-state index contributed by atoms with van der Waals surface area (Å²) in [5, 5.41) is 0. The van der Waals surface area contributed by atoms with Gasteiger partial charge in [-0.15, -0.1) is 0 Å². The Bertz CT molecular complexity index is 598. The van der Waals surface area contributed by atoms with E-state index in [4.69, 9.17) is 15.2 Å². The molecule has 1 atom stereocenters. The van der Waals surface area contributed by atoms with Crippen molar-refractivity contribution in [2.75, 3.05) is 19.8 Å². The summed E-state index contributed by atoms with van der Waals surface area (Å²) in [4.78, 5) is 26.0. The predicted molar refractivity (Wildman–Crippen MR) is 88.1 cm³/mol. The Morgan fingerprint density at radius 3 is 2.62 bits per heavy atom. The lowest BCUT2D eigenvalue weighted by molar-refractivity contribution is -0.142. The predicted octanol–water partition coefficient (Wildman–Crippen LogP) is 1.01. The molecule has 0 bridgehead atoms. The van der Waals surface area contributed by atoms with Crippen molar-refractivity contribution < 1.29 is 19.1 Å². The number of benzene rings is 1. The zero-order chi connectivity index (χ0) is 16.9. The first-order valence-corrected chi connectivity index (χ1v) is 8.50. The van der Waals surface area contributed by atoms with Crippen LogP contribution in [0.4, 0.5) is 0 Å². The highest BCUT2D eigenvalue weighted by Gasteiger charge is 2.33. The molecular weight excluding hydrogens is 308 g/mol. The number of nitrogens with zero attached hydrogens (tertiary/aromatic N) is 1. The van der Waals surface area contributed by atoms with Crippen LogP contribution in [0, 0.1) is 0 Å². The van der Waals surface area contributed by atoms with Crippen LogP contribution >= 0.6 is 0 Å². The van der Waals surface area contributed by atoms with Gasteiger partial charge in [-0.1, -0.05) is 24.3 Å². The first-order chi connectivity index (χ1) is 11.6. The van der Waals surface area contributed by atoms with Crippen molar-refractivity contribution in [3.8, 4) is 0 Å². The Kier molecular flexibility index (Phi) is 5.48. The van der Waals surface area contributed by atoms with Gasteiger partial charge in [0.15, 0.2) is 0 Å². The maximum Gasteiger partial charge on any atom is 0.240 e. The summed E-state index contributed by atoms with van der Waals surface area (Å²) in [5.41, 5.74) is 7.68. The fourth-order valence-corrected chi connectivity index (χ4v) is 3.34. The maximum absolute atomic E-state index is 12.6. The van der Waals surface area contributed by atoms with E-state index in [1.54, 1.807) is 4.90 Å². The third-order valence-corrected chi connectivity index (χ3v) is 4.74. The van der Waals surface area contributed by atoms with Crippen molar-refractivity contribution in [3.05, 3.63) is 35.4 Å². The van der Waals surface area contributed by atoms with E-state index in [1.807, 2.05) is 24.3 Å². The van der Waals surface area contributed by atoms with E-state index in [0.29, 0.717) is 32.8 Å². The summed E-state index contributed by atoms with van der Waals surface area (Å²) in [7, 11) is 0. The van der Waals surface area contributed by atoms with E-state index in [-0.39, 0.29) is 18.4 Å². The Morgan fingerprint density at radius 2 is 1.92 bits per heavy atom. The van der Waals surface area contributed by atoms with E-state index in [9.17, 15) is 9.59 Å². The number of fused-ring (bicyclic) bond motifs is 1. The van der Waals surface area contributed by atoms with Gasteiger partial charge in [0.2, 0.25) is 11.8 Å².